The van der Waals surface area contributed by atoms with Crippen molar-refractivity contribution >= 4 is 0 Å². The van der Waals surface area contributed by atoms with Crippen LogP contribution >= 0.6 is 0 Å². The zero-order valence-electron chi connectivity index (χ0n) is 8.81. The van der Waals surface area contributed by atoms with Crippen LogP contribution in [0.2, 0.25) is 0 Å². The van der Waals surface area contributed by atoms with Gasteiger partial charge in [-0.1, -0.05) is 6.07 Å². The SMILES string of the molecule is Cc1ccc(CO)nc1-c1ccn(C)n1. The molecule has 4 nitrogen and oxygen atoms in total. The summed E-state index contributed by atoms with van der Waals surface area (Å²) in [4.78, 5) is 4.35. The first-order valence-corrected chi connectivity index (χ1v) is 4.78. The smallest absolute Gasteiger partial charge is 0.111 e. The summed E-state index contributed by atoms with van der Waals surface area (Å²) < 4.78 is 1.74. The van der Waals surface area contributed by atoms with E-state index in [0.29, 0.717) is 5.69 Å². The molecule has 0 fully saturated rings. The van der Waals surface area contributed by atoms with E-state index in [0.717, 1.165) is 17.0 Å². The minimum absolute atomic E-state index is 0.0416. The summed E-state index contributed by atoms with van der Waals surface area (Å²) in [5.74, 6) is 0. The number of rotatable bonds is 2. The van der Waals surface area contributed by atoms with Crippen molar-refractivity contribution in [1.82, 2.24) is 14.8 Å². The molecule has 0 bridgehead atoms. The third-order valence-corrected chi connectivity index (χ3v) is 2.27. The molecule has 0 aromatic carbocycles. The van der Waals surface area contributed by atoms with Gasteiger partial charge < -0.3 is 5.11 Å². The highest BCUT2D eigenvalue weighted by Crippen LogP contribution is 2.19. The maximum absolute atomic E-state index is 9.02. The van der Waals surface area contributed by atoms with Crippen LogP contribution in [-0.2, 0) is 13.7 Å². The predicted octanol–water partition coefficient (Wildman–Crippen LogP) is 1.28. The van der Waals surface area contributed by atoms with Gasteiger partial charge in [-0.15, -0.1) is 0 Å². The van der Waals surface area contributed by atoms with Gasteiger partial charge in [-0.25, -0.2) is 4.98 Å². The Morgan fingerprint density at radius 3 is 2.73 bits per heavy atom. The molecule has 15 heavy (non-hydrogen) atoms. The number of aliphatic hydroxyl groups excluding tert-OH is 1. The first kappa shape index (κ1) is 9.86. The van der Waals surface area contributed by atoms with Gasteiger partial charge >= 0.3 is 0 Å². The Morgan fingerprint density at radius 1 is 1.33 bits per heavy atom. The molecule has 2 aromatic heterocycles. The molecule has 0 radical (unpaired) electrons. The highest BCUT2D eigenvalue weighted by molar-refractivity contribution is 5.58. The summed E-state index contributed by atoms with van der Waals surface area (Å²) in [6, 6.07) is 5.68. The highest BCUT2D eigenvalue weighted by Gasteiger charge is 2.07. The van der Waals surface area contributed by atoms with E-state index in [1.54, 1.807) is 4.68 Å². The molecule has 0 aliphatic rings. The average molecular weight is 203 g/mol. The quantitative estimate of drug-likeness (QED) is 0.800. The lowest BCUT2D eigenvalue weighted by Crippen LogP contribution is -1.96. The molecule has 4 heteroatoms. The number of nitrogens with zero attached hydrogens (tertiary/aromatic N) is 3. The van der Waals surface area contributed by atoms with Gasteiger partial charge in [0.25, 0.3) is 0 Å². The van der Waals surface area contributed by atoms with Gasteiger partial charge in [0.15, 0.2) is 0 Å². The molecule has 2 rings (SSSR count). The lowest BCUT2D eigenvalue weighted by molar-refractivity contribution is 0.277. The molecule has 2 heterocycles. The second-order valence-corrected chi connectivity index (χ2v) is 3.50. The van der Waals surface area contributed by atoms with E-state index in [1.807, 2.05) is 38.4 Å². The van der Waals surface area contributed by atoms with Crippen molar-refractivity contribution < 1.29 is 5.11 Å². The Hall–Kier alpha value is -1.68. The summed E-state index contributed by atoms with van der Waals surface area (Å²) in [5.41, 5.74) is 3.40. The van der Waals surface area contributed by atoms with Crippen molar-refractivity contribution in [2.75, 3.05) is 0 Å². The zero-order valence-corrected chi connectivity index (χ0v) is 8.81. The Bertz CT molecular complexity index is 476. The molecule has 0 spiro atoms. The van der Waals surface area contributed by atoms with Crippen LogP contribution in [0.3, 0.4) is 0 Å². The van der Waals surface area contributed by atoms with Crippen LogP contribution in [0.25, 0.3) is 11.4 Å². The van der Waals surface area contributed by atoms with Gasteiger partial charge in [-0.05, 0) is 24.6 Å². The van der Waals surface area contributed by atoms with E-state index in [1.165, 1.54) is 0 Å². The molecule has 0 saturated heterocycles. The molecule has 0 aliphatic carbocycles. The fourth-order valence-corrected chi connectivity index (χ4v) is 1.46. The molecule has 1 N–H and O–H groups in total. The maximum atomic E-state index is 9.02. The van der Waals surface area contributed by atoms with Crippen LogP contribution in [-0.4, -0.2) is 19.9 Å². The van der Waals surface area contributed by atoms with Crippen molar-refractivity contribution in [3.8, 4) is 11.4 Å². The van der Waals surface area contributed by atoms with Crippen LogP contribution in [0, 0.1) is 6.92 Å². The van der Waals surface area contributed by atoms with E-state index in [9.17, 15) is 0 Å². The third-order valence-electron chi connectivity index (χ3n) is 2.27. The third kappa shape index (κ3) is 1.89. The number of aryl methyl sites for hydroxylation is 2. The molecule has 78 valence electrons. The number of aliphatic hydroxyl groups is 1. The van der Waals surface area contributed by atoms with Gasteiger partial charge in [-0.3, -0.25) is 4.68 Å². The molecular formula is C11H13N3O. The summed E-state index contributed by atoms with van der Waals surface area (Å²) >= 11 is 0. The van der Waals surface area contributed by atoms with Crippen molar-refractivity contribution in [1.29, 1.82) is 0 Å². The standard InChI is InChI=1S/C11H13N3O/c1-8-3-4-9(7-15)12-11(8)10-5-6-14(2)13-10/h3-6,15H,7H2,1-2H3. The Morgan fingerprint density at radius 2 is 2.13 bits per heavy atom. The van der Waals surface area contributed by atoms with E-state index in [4.69, 9.17) is 5.11 Å². The van der Waals surface area contributed by atoms with Gasteiger partial charge in [0.05, 0.1) is 18.0 Å². The van der Waals surface area contributed by atoms with E-state index in [-0.39, 0.29) is 6.61 Å². The number of hydrogen-bond donors (Lipinski definition) is 1. The van der Waals surface area contributed by atoms with Gasteiger partial charge in [0, 0.05) is 13.2 Å². The van der Waals surface area contributed by atoms with Gasteiger partial charge in [-0.2, -0.15) is 5.10 Å². The molecule has 0 atom stereocenters. The van der Waals surface area contributed by atoms with E-state index < -0.39 is 0 Å². The van der Waals surface area contributed by atoms with E-state index in [2.05, 4.69) is 10.1 Å². The van der Waals surface area contributed by atoms with Crippen molar-refractivity contribution in [3.05, 3.63) is 35.7 Å². The maximum Gasteiger partial charge on any atom is 0.111 e. The van der Waals surface area contributed by atoms with Crippen molar-refractivity contribution in [2.45, 2.75) is 13.5 Å². The Kier molecular flexibility index (Phi) is 2.51. The molecule has 0 saturated carbocycles. The largest absolute Gasteiger partial charge is 0.390 e. The summed E-state index contributed by atoms with van der Waals surface area (Å²) in [6.45, 7) is 1.94. The second kappa shape index (κ2) is 3.82. The lowest BCUT2D eigenvalue weighted by atomic mass is 10.1. The number of pyridine rings is 1. The molecule has 0 amide bonds. The van der Waals surface area contributed by atoms with Gasteiger partial charge in [0.2, 0.25) is 0 Å². The van der Waals surface area contributed by atoms with Crippen LogP contribution in [0.5, 0.6) is 0 Å². The highest BCUT2D eigenvalue weighted by atomic mass is 16.3. The minimum Gasteiger partial charge on any atom is -0.390 e. The topological polar surface area (TPSA) is 50.9 Å². The molecular weight excluding hydrogens is 190 g/mol. The molecule has 0 unspecified atom stereocenters. The van der Waals surface area contributed by atoms with Crippen molar-refractivity contribution in [2.24, 2.45) is 7.05 Å². The van der Waals surface area contributed by atoms with Crippen LogP contribution in [0.4, 0.5) is 0 Å². The second-order valence-electron chi connectivity index (χ2n) is 3.50. The fourth-order valence-electron chi connectivity index (χ4n) is 1.46. The van der Waals surface area contributed by atoms with Gasteiger partial charge in [0.1, 0.15) is 5.69 Å². The summed E-state index contributed by atoms with van der Waals surface area (Å²) in [5, 5.41) is 13.3. The predicted molar refractivity (Wildman–Crippen MR) is 57.1 cm³/mol. The molecule has 0 aliphatic heterocycles. The van der Waals surface area contributed by atoms with E-state index >= 15 is 0 Å². The number of hydrogen-bond acceptors (Lipinski definition) is 3. The lowest BCUT2D eigenvalue weighted by Gasteiger charge is -2.03. The monoisotopic (exact) mass is 203 g/mol. The normalized spacial score (nSPS) is 10.6. The zero-order chi connectivity index (χ0) is 10.8. The Labute approximate surface area is 88.2 Å². The van der Waals surface area contributed by atoms with Crippen LogP contribution < -0.4 is 0 Å². The fraction of sp³-hybridized carbons (Fsp3) is 0.273. The Balaban J connectivity index is 2.51. The number of aromatic nitrogens is 3. The van der Waals surface area contributed by atoms with Crippen molar-refractivity contribution in [3.63, 3.8) is 0 Å². The van der Waals surface area contributed by atoms with Crippen LogP contribution in [0.1, 0.15) is 11.3 Å². The summed E-state index contributed by atoms with van der Waals surface area (Å²) in [7, 11) is 1.87. The first-order chi connectivity index (χ1) is 7.20. The summed E-state index contributed by atoms with van der Waals surface area (Å²) in [6.07, 6.45) is 1.88. The molecule has 2 aromatic rings. The first-order valence-electron chi connectivity index (χ1n) is 4.78. The van der Waals surface area contributed by atoms with Crippen LogP contribution in [0.15, 0.2) is 24.4 Å². The average Bonchev–Trinajstić information content (AvgIpc) is 2.65. The minimum atomic E-state index is -0.0416.